The van der Waals surface area contributed by atoms with Gasteiger partial charge in [0.15, 0.2) is 0 Å². The van der Waals surface area contributed by atoms with Gasteiger partial charge in [-0.05, 0) is 33.4 Å². The van der Waals surface area contributed by atoms with Gasteiger partial charge in [0.2, 0.25) is 0 Å². The van der Waals surface area contributed by atoms with Crippen LogP contribution < -0.4 is 5.32 Å². The van der Waals surface area contributed by atoms with Crippen molar-refractivity contribution in [2.75, 3.05) is 26.8 Å². The molecule has 0 aliphatic heterocycles. The summed E-state index contributed by atoms with van der Waals surface area (Å²) in [5.74, 6) is 0. The maximum Gasteiger partial charge on any atom is 0.0950 e. The van der Waals surface area contributed by atoms with E-state index < -0.39 is 0 Å². The molecule has 1 aromatic carbocycles. The molecule has 102 valence electrons. The van der Waals surface area contributed by atoms with Crippen LogP contribution in [-0.2, 0) is 9.47 Å². The van der Waals surface area contributed by atoms with E-state index in [0.29, 0.717) is 13.2 Å². The Morgan fingerprint density at radius 1 is 1.06 bits per heavy atom. The summed E-state index contributed by atoms with van der Waals surface area (Å²) in [4.78, 5) is 0. The number of likely N-dealkylation sites (N-methyl/N-ethyl adjacent to an activating group) is 1. The maximum absolute atomic E-state index is 5.87. The van der Waals surface area contributed by atoms with Gasteiger partial charge in [0.05, 0.1) is 25.4 Å². The SMILES string of the molecule is CNCC(OCCOC(C)C)c1ccc(C)cc1. The molecule has 0 bridgehead atoms. The van der Waals surface area contributed by atoms with Gasteiger partial charge < -0.3 is 14.8 Å². The van der Waals surface area contributed by atoms with Gasteiger partial charge in [-0.25, -0.2) is 0 Å². The molecule has 1 atom stereocenters. The summed E-state index contributed by atoms with van der Waals surface area (Å²) in [7, 11) is 1.94. The lowest BCUT2D eigenvalue weighted by atomic mass is 10.1. The molecule has 1 rings (SSSR count). The van der Waals surface area contributed by atoms with Crippen LogP contribution in [-0.4, -0.2) is 32.9 Å². The monoisotopic (exact) mass is 251 g/mol. The zero-order valence-electron chi connectivity index (χ0n) is 11.9. The van der Waals surface area contributed by atoms with Crippen LogP contribution in [0.5, 0.6) is 0 Å². The molecular formula is C15H25NO2. The molecule has 1 N–H and O–H groups in total. The van der Waals surface area contributed by atoms with Crippen molar-refractivity contribution < 1.29 is 9.47 Å². The van der Waals surface area contributed by atoms with Gasteiger partial charge in [-0.2, -0.15) is 0 Å². The highest BCUT2D eigenvalue weighted by Gasteiger charge is 2.10. The average molecular weight is 251 g/mol. The van der Waals surface area contributed by atoms with Crippen molar-refractivity contribution >= 4 is 0 Å². The molecule has 0 aromatic heterocycles. The van der Waals surface area contributed by atoms with Crippen LogP contribution in [0.2, 0.25) is 0 Å². The lowest BCUT2D eigenvalue weighted by Crippen LogP contribution is -2.21. The highest BCUT2D eigenvalue weighted by atomic mass is 16.5. The maximum atomic E-state index is 5.87. The number of hydrogen-bond donors (Lipinski definition) is 1. The quantitative estimate of drug-likeness (QED) is 0.721. The third kappa shape index (κ3) is 5.63. The summed E-state index contributed by atoms with van der Waals surface area (Å²) in [5, 5.41) is 3.16. The minimum absolute atomic E-state index is 0.0892. The second-order valence-electron chi connectivity index (χ2n) is 4.75. The summed E-state index contributed by atoms with van der Waals surface area (Å²) < 4.78 is 11.4. The first-order valence-corrected chi connectivity index (χ1v) is 6.58. The lowest BCUT2D eigenvalue weighted by Gasteiger charge is -2.18. The smallest absolute Gasteiger partial charge is 0.0950 e. The van der Waals surface area contributed by atoms with E-state index in [4.69, 9.17) is 9.47 Å². The fourth-order valence-electron chi connectivity index (χ4n) is 1.71. The molecule has 0 aliphatic rings. The number of nitrogens with one attached hydrogen (secondary N) is 1. The van der Waals surface area contributed by atoms with Crippen LogP contribution in [0.15, 0.2) is 24.3 Å². The van der Waals surface area contributed by atoms with Crippen molar-refractivity contribution in [2.24, 2.45) is 0 Å². The molecule has 0 heterocycles. The van der Waals surface area contributed by atoms with E-state index in [1.54, 1.807) is 0 Å². The number of benzene rings is 1. The van der Waals surface area contributed by atoms with E-state index >= 15 is 0 Å². The van der Waals surface area contributed by atoms with Crippen LogP contribution in [0.4, 0.5) is 0 Å². The summed E-state index contributed by atoms with van der Waals surface area (Å²) >= 11 is 0. The third-order valence-corrected chi connectivity index (χ3v) is 2.69. The molecule has 0 saturated carbocycles. The fraction of sp³-hybridized carbons (Fsp3) is 0.600. The molecule has 1 aromatic rings. The molecule has 3 nitrogen and oxygen atoms in total. The third-order valence-electron chi connectivity index (χ3n) is 2.69. The first kappa shape index (κ1) is 15.2. The summed E-state index contributed by atoms with van der Waals surface area (Å²) in [5.41, 5.74) is 2.48. The molecule has 18 heavy (non-hydrogen) atoms. The van der Waals surface area contributed by atoms with Crippen molar-refractivity contribution in [3.8, 4) is 0 Å². The topological polar surface area (TPSA) is 30.5 Å². The van der Waals surface area contributed by atoms with Gasteiger partial charge in [-0.1, -0.05) is 29.8 Å². The molecular weight excluding hydrogens is 226 g/mol. The summed E-state index contributed by atoms with van der Waals surface area (Å²) in [6.45, 7) is 8.23. The Kier molecular flexibility index (Phi) is 6.94. The molecule has 0 aliphatic carbocycles. The van der Waals surface area contributed by atoms with E-state index in [1.807, 2.05) is 20.9 Å². The van der Waals surface area contributed by atoms with E-state index in [9.17, 15) is 0 Å². The first-order chi connectivity index (χ1) is 8.63. The number of hydrogen-bond acceptors (Lipinski definition) is 3. The summed E-state index contributed by atoms with van der Waals surface area (Å²) in [6.07, 6.45) is 0.349. The zero-order chi connectivity index (χ0) is 13.4. The molecule has 3 heteroatoms. The molecule has 0 radical (unpaired) electrons. The minimum Gasteiger partial charge on any atom is -0.376 e. The molecule has 0 amide bonds. The Hall–Kier alpha value is -0.900. The van der Waals surface area contributed by atoms with Crippen molar-refractivity contribution in [3.63, 3.8) is 0 Å². The Morgan fingerprint density at radius 2 is 1.67 bits per heavy atom. The van der Waals surface area contributed by atoms with Gasteiger partial charge in [-0.15, -0.1) is 0 Å². The number of rotatable bonds is 8. The Bertz CT molecular complexity index is 322. The normalized spacial score (nSPS) is 12.9. The van der Waals surface area contributed by atoms with Crippen LogP contribution >= 0.6 is 0 Å². The Morgan fingerprint density at radius 3 is 2.22 bits per heavy atom. The predicted octanol–water partition coefficient (Wildman–Crippen LogP) is 2.70. The Labute approximate surface area is 110 Å². The highest BCUT2D eigenvalue weighted by Crippen LogP contribution is 2.17. The fourth-order valence-corrected chi connectivity index (χ4v) is 1.71. The second kappa shape index (κ2) is 8.25. The van der Waals surface area contributed by atoms with E-state index in [-0.39, 0.29) is 12.2 Å². The molecule has 0 spiro atoms. The van der Waals surface area contributed by atoms with E-state index in [1.165, 1.54) is 11.1 Å². The van der Waals surface area contributed by atoms with Crippen molar-refractivity contribution in [1.82, 2.24) is 5.32 Å². The largest absolute Gasteiger partial charge is 0.376 e. The van der Waals surface area contributed by atoms with Gasteiger partial charge in [0, 0.05) is 6.54 Å². The van der Waals surface area contributed by atoms with Gasteiger partial charge in [0.25, 0.3) is 0 Å². The van der Waals surface area contributed by atoms with Crippen molar-refractivity contribution in [1.29, 1.82) is 0 Å². The standard InChI is InChI=1S/C15H25NO2/c1-12(2)17-9-10-18-15(11-16-4)14-7-5-13(3)6-8-14/h5-8,12,15-16H,9-11H2,1-4H3. The van der Waals surface area contributed by atoms with Crippen LogP contribution in [0.25, 0.3) is 0 Å². The van der Waals surface area contributed by atoms with E-state index in [2.05, 4.69) is 36.5 Å². The Balaban J connectivity index is 2.46. The number of ether oxygens (including phenoxy) is 2. The summed E-state index contributed by atoms with van der Waals surface area (Å²) in [6, 6.07) is 8.49. The van der Waals surface area contributed by atoms with Crippen molar-refractivity contribution in [2.45, 2.75) is 33.0 Å². The van der Waals surface area contributed by atoms with Crippen LogP contribution in [0.3, 0.4) is 0 Å². The second-order valence-corrected chi connectivity index (χ2v) is 4.75. The van der Waals surface area contributed by atoms with Gasteiger partial charge >= 0.3 is 0 Å². The zero-order valence-corrected chi connectivity index (χ0v) is 11.9. The van der Waals surface area contributed by atoms with Crippen LogP contribution in [0.1, 0.15) is 31.1 Å². The predicted molar refractivity (Wildman–Crippen MR) is 74.9 cm³/mol. The molecule has 0 saturated heterocycles. The van der Waals surface area contributed by atoms with Crippen molar-refractivity contribution in [3.05, 3.63) is 35.4 Å². The molecule has 0 fully saturated rings. The first-order valence-electron chi connectivity index (χ1n) is 6.58. The van der Waals surface area contributed by atoms with Gasteiger partial charge in [0.1, 0.15) is 0 Å². The molecule has 1 unspecified atom stereocenters. The van der Waals surface area contributed by atoms with Gasteiger partial charge in [-0.3, -0.25) is 0 Å². The lowest BCUT2D eigenvalue weighted by molar-refractivity contribution is -0.0125. The average Bonchev–Trinajstić information content (AvgIpc) is 2.34. The number of aryl methyl sites for hydroxylation is 1. The highest BCUT2D eigenvalue weighted by molar-refractivity contribution is 5.23. The van der Waals surface area contributed by atoms with E-state index in [0.717, 1.165) is 6.54 Å². The minimum atomic E-state index is 0.0892. The van der Waals surface area contributed by atoms with Crippen LogP contribution in [0, 0.1) is 6.92 Å².